The quantitative estimate of drug-likeness (QED) is 0.534. The normalized spacial score (nSPS) is 19.8. The highest BCUT2D eigenvalue weighted by Crippen LogP contribution is 2.27. The molecule has 0 aliphatic heterocycles. The Morgan fingerprint density at radius 2 is 2.00 bits per heavy atom. The van der Waals surface area contributed by atoms with Gasteiger partial charge in [-0.15, -0.1) is 12.4 Å². The van der Waals surface area contributed by atoms with Crippen LogP contribution in [0.1, 0.15) is 32.6 Å². The van der Waals surface area contributed by atoms with E-state index < -0.39 is 0 Å². The largest absolute Gasteiger partial charge is 0.447 e. The molecule has 1 fully saturated rings. The summed E-state index contributed by atoms with van der Waals surface area (Å²) in [6.45, 7) is 1.40. The minimum absolute atomic E-state index is 0. The summed E-state index contributed by atoms with van der Waals surface area (Å²) in [5.74, 6) is 0.128. The molecule has 72 valence electrons. The summed E-state index contributed by atoms with van der Waals surface area (Å²) < 4.78 is 4.87. The van der Waals surface area contributed by atoms with E-state index in [1.165, 1.54) is 19.8 Å². The van der Waals surface area contributed by atoms with Crippen molar-refractivity contribution < 1.29 is 9.53 Å². The molecule has 1 rings (SSSR count). The Balaban J connectivity index is 0.00000121. The monoisotopic (exact) mass is 193 g/mol. The maximum Gasteiger partial charge on any atom is 0.304 e. The number of carbonyl (C=O) groups excluding carboxylic acids is 1. The number of ether oxygens (including phenoxy) is 1. The second-order valence-electron chi connectivity index (χ2n) is 3.12. The van der Waals surface area contributed by atoms with Crippen LogP contribution in [0.3, 0.4) is 0 Å². The van der Waals surface area contributed by atoms with Crippen LogP contribution in [0, 0.1) is 5.92 Å². The Morgan fingerprint density at radius 1 is 1.50 bits per heavy atom. The van der Waals surface area contributed by atoms with Gasteiger partial charge in [-0.05, 0) is 12.8 Å². The van der Waals surface area contributed by atoms with Gasteiger partial charge in [0.1, 0.15) is 0 Å². The molecule has 0 bridgehead atoms. The van der Waals surface area contributed by atoms with Crippen molar-refractivity contribution in [3.8, 4) is 0 Å². The van der Waals surface area contributed by atoms with Gasteiger partial charge in [0.15, 0.2) is 6.23 Å². The first-order chi connectivity index (χ1) is 5.20. The Hall–Kier alpha value is -0.280. The molecule has 1 aliphatic carbocycles. The van der Waals surface area contributed by atoms with E-state index in [1.54, 1.807) is 0 Å². The summed E-state index contributed by atoms with van der Waals surface area (Å²) in [4.78, 5) is 10.5. The Kier molecular flexibility index (Phi) is 5.25. The zero-order chi connectivity index (χ0) is 8.27. The van der Waals surface area contributed by atoms with Crippen molar-refractivity contribution in [1.29, 1.82) is 0 Å². The van der Waals surface area contributed by atoms with Gasteiger partial charge in [0.05, 0.1) is 0 Å². The molecule has 1 unspecified atom stereocenters. The molecule has 1 atom stereocenters. The molecule has 0 heterocycles. The summed E-state index contributed by atoms with van der Waals surface area (Å²) in [6.07, 6.45) is 4.29. The van der Waals surface area contributed by atoms with Crippen molar-refractivity contribution in [2.45, 2.75) is 38.8 Å². The second kappa shape index (κ2) is 5.38. The van der Waals surface area contributed by atoms with Gasteiger partial charge in [-0.1, -0.05) is 12.8 Å². The number of hydrogen-bond donors (Lipinski definition) is 1. The second-order valence-corrected chi connectivity index (χ2v) is 3.12. The fourth-order valence-corrected chi connectivity index (χ4v) is 1.57. The predicted molar refractivity (Wildman–Crippen MR) is 48.9 cm³/mol. The van der Waals surface area contributed by atoms with Crippen molar-refractivity contribution in [2.75, 3.05) is 0 Å². The molecular formula is C8H16ClNO2. The lowest BCUT2D eigenvalue weighted by molar-refractivity contribution is -0.148. The Bertz CT molecular complexity index is 146. The van der Waals surface area contributed by atoms with Crippen LogP contribution in [0.15, 0.2) is 0 Å². The molecular weight excluding hydrogens is 178 g/mol. The lowest BCUT2D eigenvalue weighted by atomic mass is 10.1. The first kappa shape index (κ1) is 11.7. The van der Waals surface area contributed by atoms with Gasteiger partial charge in [-0.2, -0.15) is 0 Å². The standard InChI is InChI=1S/C8H15NO2.ClH/c1-6(10)11-8(9)7-4-2-3-5-7;/h7-8H,2-5,9H2,1H3;1H. The Labute approximate surface area is 79.1 Å². The van der Waals surface area contributed by atoms with Crippen LogP contribution in [0.25, 0.3) is 0 Å². The zero-order valence-corrected chi connectivity index (χ0v) is 8.10. The zero-order valence-electron chi connectivity index (χ0n) is 7.29. The number of carbonyl (C=O) groups is 1. The smallest absolute Gasteiger partial charge is 0.304 e. The summed E-state index contributed by atoms with van der Waals surface area (Å²) in [5, 5.41) is 0. The fraction of sp³-hybridized carbons (Fsp3) is 0.875. The SMILES string of the molecule is CC(=O)OC(N)C1CCCC1.Cl. The molecule has 12 heavy (non-hydrogen) atoms. The first-order valence-corrected chi connectivity index (χ1v) is 4.13. The van der Waals surface area contributed by atoms with Gasteiger partial charge in [0.2, 0.25) is 0 Å². The van der Waals surface area contributed by atoms with Crippen LogP contribution in [-0.4, -0.2) is 12.2 Å². The molecule has 1 aliphatic rings. The van der Waals surface area contributed by atoms with Crippen LogP contribution in [0.5, 0.6) is 0 Å². The molecule has 2 N–H and O–H groups in total. The average molecular weight is 194 g/mol. The van der Waals surface area contributed by atoms with E-state index in [-0.39, 0.29) is 24.6 Å². The lowest BCUT2D eigenvalue weighted by Gasteiger charge is -2.17. The van der Waals surface area contributed by atoms with E-state index in [0.717, 1.165) is 12.8 Å². The van der Waals surface area contributed by atoms with Crippen molar-refractivity contribution in [2.24, 2.45) is 11.7 Å². The topological polar surface area (TPSA) is 52.3 Å². The van der Waals surface area contributed by atoms with Gasteiger partial charge < -0.3 is 4.74 Å². The summed E-state index contributed by atoms with van der Waals surface area (Å²) >= 11 is 0. The number of halogens is 1. The maximum absolute atomic E-state index is 10.5. The summed E-state index contributed by atoms with van der Waals surface area (Å²) in [6, 6.07) is 0. The molecule has 0 aromatic heterocycles. The van der Waals surface area contributed by atoms with E-state index in [4.69, 9.17) is 10.5 Å². The van der Waals surface area contributed by atoms with Crippen molar-refractivity contribution >= 4 is 18.4 Å². The molecule has 1 saturated carbocycles. The minimum Gasteiger partial charge on any atom is -0.447 e. The molecule has 4 heteroatoms. The number of esters is 1. The molecule has 0 spiro atoms. The van der Waals surface area contributed by atoms with Crippen LogP contribution in [-0.2, 0) is 9.53 Å². The average Bonchev–Trinajstić information content (AvgIpc) is 2.35. The third kappa shape index (κ3) is 3.41. The minimum atomic E-state index is -0.366. The van der Waals surface area contributed by atoms with Crippen LogP contribution < -0.4 is 5.73 Å². The van der Waals surface area contributed by atoms with Crippen molar-refractivity contribution in [1.82, 2.24) is 0 Å². The fourth-order valence-electron chi connectivity index (χ4n) is 1.57. The van der Waals surface area contributed by atoms with Gasteiger partial charge in [0.25, 0.3) is 0 Å². The van der Waals surface area contributed by atoms with E-state index in [1.807, 2.05) is 0 Å². The number of nitrogens with two attached hydrogens (primary N) is 1. The van der Waals surface area contributed by atoms with Crippen molar-refractivity contribution in [3.63, 3.8) is 0 Å². The third-order valence-corrected chi connectivity index (χ3v) is 2.17. The maximum atomic E-state index is 10.5. The van der Waals surface area contributed by atoms with Crippen LogP contribution in [0.2, 0.25) is 0 Å². The van der Waals surface area contributed by atoms with E-state index in [0.29, 0.717) is 5.92 Å². The van der Waals surface area contributed by atoms with Gasteiger partial charge >= 0.3 is 5.97 Å². The van der Waals surface area contributed by atoms with Gasteiger partial charge in [-0.25, -0.2) is 0 Å². The van der Waals surface area contributed by atoms with Gasteiger partial charge in [-0.3, -0.25) is 10.5 Å². The molecule has 0 amide bonds. The predicted octanol–water partition coefficient (Wildman–Crippen LogP) is 1.45. The molecule has 0 aromatic rings. The highest BCUT2D eigenvalue weighted by Gasteiger charge is 2.23. The molecule has 0 radical (unpaired) electrons. The van der Waals surface area contributed by atoms with Crippen LogP contribution >= 0.6 is 12.4 Å². The molecule has 0 aromatic carbocycles. The van der Waals surface area contributed by atoms with E-state index in [9.17, 15) is 4.79 Å². The number of hydrogen-bond acceptors (Lipinski definition) is 3. The highest BCUT2D eigenvalue weighted by atomic mass is 35.5. The first-order valence-electron chi connectivity index (χ1n) is 4.13. The molecule has 3 nitrogen and oxygen atoms in total. The highest BCUT2D eigenvalue weighted by molar-refractivity contribution is 5.85. The van der Waals surface area contributed by atoms with E-state index in [2.05, 4.69) is 0 Å². The summed E-state index contributed by atoms with van der Waals surface area (Å²) in [7, 11) is 0. The summed E-state index contributed by atoms with van der Waals surface area (Å²) in [5.41, 5.74) is 5.64. The van der Waals surface area contributed by atoms with Gasteiger partial charge in [0, 0.05) is 12.8 Å². The van der Waals surface area contributed by atoms with Crippen LogP contribution in [0.4, 0.5) is 0 Å². The Morgan fingerprint density at radius 3 is 2.42 bits per heavy atom. The lowest BCUT2D eigenvalue weighted by Crippen LogP contribution is -2.32. The van der Waals surface area contributed by atoms with E-state index >= 15 is 0 Å². The van der Waals surface area contributed by atoms with Crippen molar-refractivity contribution in [3.05, 3.63) is 0 Å². The molecule has 0 saturated heterocycles. The third-order valence-electron chi connectivity index (χ3n) is 2.17. The number of rotatable bonds is 2.